The van der Waals surface area contributed by atoms with E-state index in [4.69, 9.17) is 6.42 Å². The Kier molecular flexibility index (Phi) is 6.51. The maximum atomic E-state index is 12.0. The molecule has 0 radical (unpaired) electrons. The maximum absolute atomic E-state index is 12.0. The molecular formula is C20H15BrN2OS2. The lowest BCUT2D eigenvalue weighted by Crippen LogP contribution is -2.14. The van der Waals surface area contributed by atoms with Crippen molar-refractivity contribution in [2.75, 3.05) is 11.1 Å². The van der Waals surface area contributed by atoms with Gasteiger partial charge in [-0.15, -0.1) is 29.5 Å². The minimum absolute atomic E-state index is 0.0362. The van der Waals surface area contributed by atoms with E-state index >= 15 is 0 Å². The van der Waals surface area contributed by atoms with Crippen molar-refractivity contribution < 1.29 is 4.79 Å². The van der Waals surface area contributed by atoms with Crippen LogP contribution in [0, 0.1) is 12.3 Å². The number of amides is 1. The molecule has 0 spiro atoms. The largest absolute Gasteiger partial charge is 0.325 e. The second-order valence-electron chi connectivity index (χ2n) is 5.42. The van der Waals surface area contributed by atoms with Crippen LogP contribution in [0.15, 0.2) is 58.4 Å². The summed E-state index contributed by atoms with van der Waals surface area (Å²) < 4.78 is 1.04. The van der Waals surface area contributed by atoms with Gasteiger partial charge in [-0.1, -0.05) is 34.0 Å². The van der Waals surface area contributed by atoms with E-state index in [0.717, 1.165) is 32.0 Å². The molecule has 6 heteroatoms. The summed E-state index contributed by atoms with van der Waals surface area (Å²) >= 11 is 6.64. The van der Waals surface area contributed by atoms with Crippen molar-refractivity contribution >= 4 is 50.6 Å². The zero-order valence-corrected chi connectivity index (χ0v) is 17.0. The molecule has 0 saturated carbocycles. The number of thiazole rings is 1. The van der Waals surface area contributed by atoms with Crippen molar-refractivity contribution in [3.05, 3.63) is 69.6 Å². The van der Waals surface area contributed by atoms with E-state index in [-0.39, 0.29) is 5.91 Å². The lowest BCUT2D eigenvalue weighted by atomic mass is 10.2. The lowest BCUT2D eigenvalue weighted by molar-refractivity contribution is -0.113. The Labute approximate surface area is 169 Å². The topological polar surface area (TPSA) is 42.0 Å². The average molecular weight is 443 g/mol. The Morgan fingerprint density at radius 2 is 2.08 bits per heavy atom. The van der Waals surface area contributed by atoms with Crippen LogP contribution in [-0.4, -0.2) is 16.6 Å². The highest BCUT2D eigenvalue weighted by Crippen LogP contribution is 2.27. The number of rotatable bonds is 6. The fourth-order valence-corrected chi connectivity index (χ4v) is 4.26. The zero-order valence-electron chi connectivity index (χ0n) is 13.7. The van der Waals surface area contributed by atoms with Crippen molar-refractivity contribution in [3.8, 4) is 22.9 Å². The van der Waals surface area contributed by atoms with Crippen molar-refractivity contribution in [2.45, 2.75) is 5.75 Å². The summed E-state index contributed by atoms with van der Waals surface area (Å²) in [7, 11) is 0. The second kappa shape index (κ2) is 9.04. The number of aromatic nitrogens is 1. The number of nitrogens with zero attached hydrogens (tertiary/aromatic N) is 1. The molecule has 0 fully saturated rings. The van der Waals surface area contributed by atoms with E-state index in [1.165, 1.54) is 0 Å². The highest BCUT2D eigenvalue weighted by Gasteiger charge is 2.07. The first kappa shape index (κ1) is 18.7. The quantitative estimate of drug-likeness (QED) is 0.517. The summed E-state index contributed by atoms with van der Waals surface area (Å²) in [6, 6.07) is 15.3. The Morgan fingerprint density at radius 3 is 2.81 bits per heavy atom. The number of terminal acetylenes is 1. The summed E-state index contributed by atoms with van der Waals surface area (Å²) in [5, 5.41) is 5.89. The summed E-state index contributed by atoms with van der Waals surface area (Å²) in [6.07, 6.45) is 5.32. The van der Waals surface area contributed by atoms with Crippen LogP contribution in [0.1, 0.15) is 11.3 Å². The lowest BCUT2D eigenvalue weighted by Gasteiger charge is -2.04. The van der Waals surface area contributed by atoms with E-state index in [0.29, 0.717) is 11.5 Å². The first-order valence-corrected chi connectivity index (χ1v) is 10.6. The van der Waals surface area contributed by atoms with E-state index in [1.807, 2.05) is 47.8 Å². The number of thioether (sulfide) groups is 1. The molecule has 2 aromatic carbocycles. The Bertz CT molecular complexity index is 945. The second-order valence-corrected chi connectivity index (χ2v) is 8.18. The summed E-state index contributed by atoms with van der Waals surface area (Å²) in [6.45, 7) is 0. The third kappa shape index (κ3) is 5.21. The van der Waals surface area contributed by atoms with Crippen LogP contribution in [0.2, 0.25) is 0 Å². The molecule has 0 aliphatic rings. The van der Waals surface area contributed by atoms with Gasteiger partial charge in [0.15, 0.2) is 0 Å². The molecule has 1 N–H and O–H groups in total. The Morgan fingerprint density at radius 1 is 1.27 bits per heavy atom. The SMILES string of the molecule is C#Cc1ccc(NC(=O)CSCc2csc(-c3cccc(Br)c3)n2)cc1. The van der Waals surface area contributed by atoms with E-state index in [2.05, 4.69) is 38.2 Å². The maximum Gasteiger partial charge on any atom is 0.234 e. The summed E-state index contributed by atoms with van der Waals surface area (Å²) in [4.78, 5) is 16.7. The van der Waals surface area contributed by atoms with Crippen LogP contribution in [0.3, 0.4) is 0 Å². The fourth-order valence-electron chi connectivity index (χ4n) is 2.22. The standard InChI is InChI=1S/C20H15BrN2OS2/c1-2-14-6-8-17(9-7-14)22-19(24)13-25-11-18-12-26-20(23-18)15-4-3-5-16(21)10-15/h1,3-10,12H,11,13H2,(H,22,24). The molecule has 0 unspecified atom stereocenters. The van der Waals surface area contributed by atoms with Gasteiger partial charge in [0.1, 0.15) is 5.01 Å². The first-order chi connectivity index (χ1) is 12.6. The fraction of sp³-hybridized carbons (Fsp3) is 0.100. The molecule has 1 heterocycles. The third-order valence-corrected chi connectivity index (χ3v) is 5.84. The van der Waals surface area contributed by atoms with Crippen molar-refractivity contribution in [1.82, 2.24) is 4.98 Å². The Balaban J connectivity index is 1.49. The van der Waals surface area contributed by atoms with Gasteiger partial charge in [0.2, 0.25) is 5.91 Å². The number of hydrogen-bond acceptors (Lipinski definition) is 4. The molecule has 3 rings (SSSR count). The summed E-state index contributed by atoms with van der Waals surface area (Å²) in [5.41, 5.74) is 3.62. The van der Waals surface area contributed by atoms with E-state index < -0.39 is 0 Å². The molecule has 1 aromatic heterocycles. The van der Waals surface area contributed by atoms with Crippen molar-refractivity contribution in [2.24, 2.45) is 0 Å². The molecule has 1 amide bonds. The van der Waals surface area contributed by atoms with Gasteiger partial charge in [-0.05, 0) is 36.4 Å². The molecule has 0 aliphatic carbocycles. The number of nitrogens with one attached hydrogen (secondary N) is 1. The van der Waals surface area contributed by atoms with E-state index in [1.54, 1.807) is 23.1 Å². The number of carbonyl (C=O) groups is 1. The highest BCUT2D eigenvalue weighted by atomic mass is 79.9. The molecule has 0 aliphatic heterocycles. The van der Waals surface area contributed by atoms with E-state index in [9.17, 15) is 4.79 Å². The number of carbonyl (C=O) groups excluding carboxylic acids is 1. The molecule has 0 saturated heterocycles. The Hall–Kier alpha value is -2.07. The zero-order chi connectivity index (χ0) is 18.4. The average Bonchev–Trinajstić information content (AvgIpc) is 3.11. The number of hydrogen-bond donors (Lipinski definition) is 1. The van der Waals surface area contributed by atoms with Crippen LogP contribution in [0.5, 0.6) is 0 Å². The molecule has 0 atom stereocenters. The predicted molar refractivity (Wildman–Crippen MR) is 114 cm³/mol. The molecular weight excluding hydrogens is 428 g/mol. The molecule has 3 nitrogen and oxygen atoms in total. The van der Waals surface area contributed by atoms with Gasteiger partial charge >= 0.3 is 0 Å². The summed E-state index contributed by atoms with van der Waals surface area (Å²) in [5.74, 6) is 3.59. The number of benzene rings is 2. The molecule has 130 valence electrons. The third-order valence-electron chi connectivity index (χ3n) is 3.44. The van der Waals surface area contributed by atoms with Crippen LogP contribution in [-0.2, 0) is 10.5 Å². The van der Waals surface area contributed by atoms with Crippen LogP contribution < -0.4 is 5.32 Å². The van der Waals surface area contributed by atoms with Gasteiger partial charge in [-0.2, -0.15) is 0 Å². The van der Waals surface area contributed by atoms with Gasteiger partial charge in [0.05, 0.1) is 11.4 Å². The normalized spacial score (nSPS) is 10.3. The van der Waals surface area contributed by atoms with Gasteiger partial charge in [0.25, 0.3) is 0 Å². The first-order valence-electron chi connectivity index (χ1n) is 7.78. The van der Waals surface area contributed by atoms with Crippen molar-refractivity contribution in [3.63, 3.8) is 0 Å². The minimum atomic E-state index is -0.0362. The molecule has 3 aromatic rings. The number of halogens is 1. The van der Waals surface area contributed by atoms with Gasteiger partial charge in [0, 0.05) is 32.4 Å². The molecule has 26 heavy (non-hydrogen) atoms. The van der Waals surface area contributed by atoms with Crippen LogP contribution in [0.25, 0.3) is 10.6 Å². The van der Waals surface area contributed by atoms with Crippen LogP contribution >= 0.6 is 39.0 Å². The highest BCUT2D eigenvalue weighted by molar-refractivity contribution is 9.10. The molecule has 0 bridgehead atoms. The van der Waals surface area contributed by atoms with Crippen LogP contribution in [0.4, 0.5) is 5.69 Å². The number of anilines is 1. The minimum Gasteiger partial charge on any atom is -0.325 e. The smallest absolute Gasteiger partial charge is 0.234 e. The van der Waals surface area contributed by atoms with Crippen molar-refractivity contribution in [1.29, 1.82) is 0 Å². The monoisotopic (exact) mass is 442 g/mol. The van der Waals surface area contributed by atoms with Gasteiger partial charge < -0.3 is 5.32 Å². The predicted octanol–water partition coefficient (Wildman–Crippen LogP) is 5.43. The van der Waals surface area contributed by atoms with Gasteiger partial charge in [-0.25, -0.2) is 4.98 Å². The van der Waals surface area contributed by atoms with Gasteiger partial charge in [-0.3, -0.25) is 4.79 Å².